The molecule has 11 aromatic carbocycles. The standard InChI is InChI=1S/C86H71N4O.Pt/c1-54-27-24-30-56(45-54)68-52-87-78(50-72(68)85(8,9)10)90-73-42-21-17-36-67(73)79-76(90)51-77(81-80(79)66-35-16-20-41-71(66)86(81)69-39-18-14-33-64(69)65-34-15-19-40-70(65)86)91-61-32-25-31-60(49-61)88-53-89(75-44-23-22-43-74(75)88)82-62(55-28-12-11-13-29-55)37-26-38-63(82)57-46-58(83(2,3)4)48-59(47-57)84(5,6)7;/h11-48,50,52-53H,1-10H3;/q-3;/i1D3;. The van der Waals surface area contributed by atoms with Gasteiger partial charge in [-0.2, -0.15) is 6.07 Å². The third-order valence-electron chi connectivity index (χ3n) is 19.1. The Morgan fingerprint density at radius 1 is 0.489 bits per heavy atom. The van der Waals surface area contributed by atoms with E-state index in [1.807, 2.05) is 24.4 Å². The fourth-order valence-electron chi connectivity index (χ4n) is 14.8. The number of rotatable bonds is 8. The fourth-order valence-corrected chi connectivity index (χ4v) is 14.8. The van der Waals surface area contributed by atoms with Crippen molar-refractivity contribution < 1.29 is 29.9 Å². The van der Waals surface area contributed by atoms with Crippen LogP contribution in [0.25, 0.3) is 83.3 Å². The van der Waals surface area contributed by atoms with E-state index in [2.05, 4.69) is 302 Å². The molecule has 0 fully saturated rings. The predicted molar refractivity (Wildman–Crippen MR) is 378 cm³/mol. The minimum Gasteiger partial charge on any atom is -0.509 e. The number of hydrogen-bond donors (Lipinski definition) is 0. The minimum absolute atomic E-state index is 0. The molecule has 0 saturated carbocycles. The van der Waals surface area contributed by atoms with Crippen molar-refractivity contribution in [3.8, 4) is 73.0 Å². The van der Waals surface area contributed by atoms with Crippen molar-refractivity contribution in [2.75, 3.05) is 9.80 Å². The Bertz CT molecular complexity index is 5160. The Kier molecular flexibility index (Phi) is 13.1. The van der Waals surface area contributed by atoms with Crippen LogP contribution in [0.15, 0.2) is 243 Å². The van der Waals surface area contributed by atoms with Gasteiger partial charge in [0.15, 0.2) is 0 Å². The number of para-hydroxylation sites is 4. The fraction of sp³-hybridized carbons (Fsp3) is 0.163. The number of aryl methyl sites for hydroxylation is 1. The molecule has 454 valence electrons. The number of benzene rings is 11. The van der Waals surface area contributed by atoms with Gasteiger partial charge in [0.2, 0.25) is 0 Å². The minimum atomic E-state index is -2.26. The maximum absolute atomic E-state index is 8.31. The van der Waals surface area contributed by atoms with E-state index in [0.717, 1.165) is 94.6 Å². The first-order valence-corrected chi connectivity index (χ1v) is 31.7. The van der Waals surface area contributed by atoms with Crippen LogP contribution in [0.1, 0.15) is 111 Å². The summed E-state index contributed by atoms with van der Waals surface area (Å²) < 4.78 is 34.9. The molecule has 3 heterocycles. The van der Waals surface area contributed by atoms with E-state index < -0.39 is 12.3 Å². The van der Waals surface area contributed by atoms with Gasteiger partial charge in [-0.15, -0.1) is 42.2 Å². The molecule has 6 heteroatoms. The normalized spacial score (nSPS) is 14.3. The number of anilines is 4. The Hall–Kier alpha value is -9.54. The summed E-state index contributed by atoms with van der Waals surface area (Å²) in [5.41, 5.74) is 23.7. The Labute approximate surface area is 560 Å². The number of fused-ring (bicyclic) bond motifs is 15. The third-order valence-corrected chi connectivity index (χ3v) is 19.1. The smallest absolute Gasteiger partial charge is 0.135 e. The topological polar surface area (TPSA) is 33.5 Å². The van der Waals surface area contributed by atoms with E-state index in [4.69, 9.17) is 13.8 Å². The van der Waals surface area contributed by atoms with E-state index in [0.29, 0.717) is 17.3 Å². The molecule has 1 aliphatic heterocycles. The van der Waals surface area contributed by atoms with Gasteiger partial charge >= 0.3 is 0 Å². The Balaban J connectivity index is 0.00000743. The van der Waals surface area contributed by atoms with Crippen LogP contribution in [0.4, 0.5) is 22.7 Å². The van der Waals surface area contributed by atoms with Crippen molar-refractivity contribution in [2.24, 2.45) is 0 Å². The van der Waals surface area contributed by atoms with Crippen molar-refractivity contribution in [3.63, 3.8) is 0 Å². The summed E-state index contributed by atoms with van der Waals surface area (Å²) in [4.78, 5) is 9.98. The van der Waals surface area contributed by atoms with Crippen LogP contribution in [-0.2, 0) is 42.7 Å². The van der Waals surface area contributed by atoms with E-state index in [9.17, 15) is 0 Å². The van der Waals surface area contributed by atoms with Crippen molar-refractivity contribution in [3.05, 3.63) is 306 Å². The number of hydrogen-bond acceptors (Lipinski definition) is 4. The zero-order valence-corrected chi connectivity index (χ0v) is 55.5. The predicted octanol–water partition coefficient (Wildman–Crippen LogP) is 22.5. The number of aromatic nitrogens is 2. The van der Waals surface area contributed by atoms with E-state index in [1.54, 1.807) is 12.1 Å². The average Bonchev–Trinajstić information content (AvgIpc) is 1.50. The Morgan fingerprint density at radius 3 is 1.73 bits per heavy atom. The van der Waals surface area contributed by atoms with Gasteiger partial charge in [0.25, 0.3) is 0 Å². The van der Waals surface area contributed by atoms with Gasteiger partial charge in [0, 0.05) is 87.6 Å². The van der Waals surface area contributed by atoms with Crippen molar-refractivity contribution >= 4 is 44.6 Å². The molecule has 0 radical (unpaired) electrons. The van der Waals surface area contributed by atoms with Crippen molar-refractivity contribution in [1.82, 2.24) is 9.55 Å². The molecule has 0 bridgehead atoms. The summed E-state index contributed by atoms with van der Waals surface area (Å²) in [5.74, 6) is 1.82. The van der Waals surface area contributed by atoms with E-state index in [1.165, 1.54) is 44.5 Å². The first-order chi connectivity index (χ1) is 45.2. The summed E-state index contributed by atoms with van der Waals surface area (Å²) in [5, 5.41) is 2.11. The van der Waals surface area contributed by atoms with Gasteiger partial charge in [-0.25, -0.2) is 4.98 Å². The SMILES string of the molecule is [2H]C([2H])([2H])c1cccc(-c2cnc(-n3c4[c-]c(Oc5[c-]c(N6[CH-]N(c7c(-c8ccccc8)cccc7-c7cc(C(C)(C)C)cc(C(C)(C)C)c7)c7ccccc76)ccc5)c5c(c4c4ccccc43)-c3ccccc3C53c4ccccc4-c4ccccc43)cc2C(C)(C)C)c1.[Pt]. The van der Waals surface area contributed by atoms with Gasteiger partial charge in [-0.1, -0.05) is 278 Å². The van der Waals surface area contributed by atoms with E-state index >= 15 is 0 Å². The maximum Gasteiger partial charge on any atom is 0.135 e. The molecule has 0 saturated heterocycles. The monoisotopic (exact) mass is 1370 g/mol. The molecule has 16 rings (SSSR count). The summed E-state index contributed by atoms with van der Waals surface area (Å²) in [6, 6.07) is 92.3. The summed E-state index contributed by atoms with van der Waals surface area (Å²) in [7, 11) is 0. The second-order valence-electron chi connectivity index (χ2n) is 27.8. The molecule has 2 aliphatic carbocycles. The first kappa shape index (κ1) is 55.3. The van der Waals surface area contributed by atoms with Gasteiger partial charge < -0.3 is 19.1 Å². The molecular formula is C86H71N4OPt-3. The van der Waals surface area contributed by atoms with Crippen molar-refractivity contribution in [2.45, 2.75) is 90.8 Å². The van der Waals surface area contributed by atoms with Crippen LogP contribution in [-0.4, -0.2) is 9.55 Å². The molecular weight excluding hydrogens is 1300 g/mol. The zero-order chi connectivity index (χ0) is 64.8. The Morgan fingerprint density at radius 2 is 1.05 bits per heavy atom. The molecule has 3 aliphatic rings. The zero-order valence-electron chi connectivity index (χ0n) is 56.2. The second kappa shape index (κ2) is 21.8. The molecule has 5 nitrogen and oxygen atoms in total. The third kappa shape index (κ3) is 9.24. The van der Waals surface area contributed by atoms with Crippen LogP contribution in [0.3, 0.4) is 0 Å². The van der Waals surface area contributed by atoms with Crippen LogP contribution < -0.4 is 14.5 Å². The largest absolute Gasteiger partial charge is 0.509 e. The summed E-state index contributed by atoms with van der Waals surface area (Å²) in [6.07, 6.45) is 1.92. The molecule has 0 amide bonds. The molecule has 0 atom stereocenters. The molecule has 1 spiro atoms. The molecule has 0 N–H and O–H groups in total. The number of pyridine rings is 1. The van der Waals surface area contributed by atoms with Crippen LogP contribution in [0.2, 0.25) is 0 Å². The average molecular weight is 1370 g/mol. The van der Waals surface area contributed by atoms with Gasteiger partial charge in [-0.05, 0) is 120 Å². The van der Waals surface area contributed by atoms with Crippen LogP contribution >= 0.6 is 0 Å². The first-order valence-electron chi connectivity index (χ1n) is 33.2. The number of nitrogens with zero attached hydrogens (tertiary/aromatic N) is 4. The summed E-state index contributed by atoms with van der Waals surface area (Å²) in [6.45, 7) is 20.4. The molecule has 13 aromatic rings. The van der Waals surface area contributed by atoms with Gasteiger partial charge in [0.1, 0.15) is 5.82 Å². The van der Waals surface area contributed by atoms with Gasteiger partial charge in [0.05, 0.1) is 0 Å². The van der Waals surface area contributed by atoms with Crippen LogP contribution in [0.5, 0.6) is 11.5 Å². The molecule has 2 aromatic heterocycles. The molecule has 92 heavy (non-hydrogen) atoms. The van der Waals surface area contributed by atoms with E-state index in [-0.39, 0.29) is 42.9 Å². The molecule has 0 unspecified atom stereocenters. The second-order valence-corrected chi connectivity index (χ2v) is 27.8. The van der Waals surface area contributed by atoms with Gasteiger partial charge in [-0.3, -0.25) is 0 Å². The van der Waals surface area contributed by atoms with Crippen LogP contribution in [0, 0.1) is 25.7 Å². The maximum atomic E-state index is 8.31. The summed E-state index contributed by atoms with van der Waals surface area (Å²) >= 11 is 0. The van der Waals surface area contributed by atoms with Crippen molar-refractivity contribution in [1.29, 1.82) is 0 Å². The number of ether oxygens (including phenoxy) is 1. The quantitative estimate of drug-likeness (QED) is 0.142.